The molecule has 2 aromatic rings. The van der Waals surface area contributed by atoms with E-state index < -0.39 is 6.04 Å². The number of piperazine rings is 1. The van der Waals surface area contributed by atoms with Gasteiger partial charge in [0.05, 0.1) is 6.26 Å². The first-order valence-corrected chi connectivity index (χ1v) is 9.00. The lowest BCUT2D eigenvalue weighted by molar-refractivity contribution is -0.134. The van der Waals surface area contributed by atoms with Crippen molar-refractivity contribution in [1.29, 1.82) is 0 Å². The van der Waals surface area contributed by atoms with Gasteiger partial charge in [0.1, 0.15) is 6.04 Å². The number of hydrogen-bond acceptors (Lipinski definition) is 4. The maximum Gasteiger partial charge on any atom is 0.287 e. The maximum atomic E-state index is 12.6. The summed E-state index contributed by atoms with van der Waals surface area (Å²) in [6.45, 7) is 5.36. The quantitative estimate of drug-likeness (QED) is 0.871. The molecule has 1 saturated heterocycles. The van der Waals surface area contributed by atoms with E-state index in [1.807, 2.05) is 18.2 Å². The van der Waals surface area contributed by atoms with Crippen molar-refractivity contribution in [3.63, 3.8) is 0 Å². The van der Waals surface area contributed by atoms with Crippen LogP contribution in [0, 0.1) is 0 Å². The number of nitrogens with zero attached hydrogens (tertiary/aromatic N) is 2. The minimum atomic E-state index is -0.591. The van der Waals surface area contributed by atoms with Crippen LogP contribution >= 0.6 is 11.6 Å². The maximum absolute atomic E-state index is 12.6. The average molecular weight is 376 g/mol. The first-order valence-electron chi connectivity index (χ1n) is 8.63. The molecule has 26 heavy (non-hydrogen) atoms. The normalized spacial score (nSPS) is 16.3. The van der Waals surface area contributed by atoms with Crippen LogP contribution in [0.15, 0.2) is 47.1 Å². The zero-order valence-corrected chi connectivity index (χ0v) is 15.4. The Kier molecular flexibility index (Phi) is 5.96. The van der Waals surface area contributed by atoms with Crippen LogP contribution in [0.4, 0.5) is 0 Å². The largest absolute Gasteiger partial charge is 0.459 e. The van der Waals surface area contributed by atoms with Gasteiger partial charge in [0.15, 0.2) is 5.76 Å². The van der Waals surface area contributed by atoms with Gasteiger partial charge in [-0.1, -0.05) is 23.7 Å². The van der Waals surface area contributed by atoms with Crippen LogP contribution in [-0.2, 0) is 11.3 Å². The van der Waals surface area contributed by atoms with Crippen LogP contribution < -0.4 is 5.32 Å². The lowest BCUT2D eigenvalue weighted by atomic mass is 10.2. The molecular formula is C19H22ClN3O3. The number of halogens is 1. The van der Waals surface area contributed by atoms with Crippen molar-refractivity contribution in [3.05, 3.63) is 59.0 Å². The summed E-state index contributed by atoms with van der Waals surface area (Å²) in [7, 11) is 0. The molecule has 6 nitrogen and oxygen atoms in total. The summed E-state index contributed by atoms with van der Waals surface area (Å²) in [6.07, 6.45) is 1.43. The van der Waals surface area contributed by atoms with E-state index in [1.165, 1.54) is 6.26 Å². The van der Waals surface area contributed by atoms with Crippen LogP contribution in [0.3, 0.4) is 0 Å². The molecule has 1 N–H and O–H groups in total. The lowest BCUT2D eigenvalue weighted by Crippen LogP contribution is -2.53. The molecule has 0 aliphatic carbocycles. The Bertz CT molecular complexity index is 755. The smallest absolute Gasteiger partial charge is 0.287 e. The minimum Gasteiger partial charge on any atom is -0.459 e. The van der Waals surface area contributed by atoms with Crippen LogP contribution in [0.5, 0.6) is 0 Å². The van der Waals surface area contributed by atoms with Gasteiger partial charge in [0.2, 0.25) is 5.91 Å². The Morgan fingerprint density at radius 2 is 1.96 bits per heavy atom. The van der Waals surface area contributed by atoms with E-state index in [2.05, 4.69) is 16.3 Å². The highest BCUT2D eigenvalue weighted by atomic mass is 35.5. The third kappa shape index (κ3) is 4.65. The molecule has 1 aliphatic rings. The Hall–Kier alpha value is -2.31. The molecule has 0 bridgehead atoms. The second-order valence-corrected chi connectivity index (χ2v) is 6.84. The zero-order valence-electron chi connectivity index (χ0n) is 14.7. The predicted molar refractivity (Wildman–Crippen MR) is 98.9 cm³/mol. The summed E-state index contributed by atoms with van der Waals surface area (Å²) in [6, 6.07) is 10.4. The number of rotatable bonds is 5. The SMILES string of the molecule is C[C@H](NC(=O)c1ccco1)C(=O)N1CCN(Cc2cccc(Cl)c2)CC1. The van der Waals surface area contributed by atoms with Crippen molar-refractivity contribution in [2.45, 2.75) is 19.5 Å². The van der Waals surface area contributed by atoms with Crippen molar-refractivity contribution < 1.29 is 14.0 Å². The summed E-state index contributed by atoms with van der Waals surface area (Å²) in [4.78, 5) is 28.6. The number of nitrogens with one attached hydrogen (secondary N) is 1. The van der Waals surface area contributed by atoms with Gasteiger partial charge in [-0.2, -0.15) is 0 Å². The Morgan fingerprint density at radius 3 is 2.62 bits per heavy atom. The van der Waals surface area contributed by atoms with Crippen LogP contribution in [0.25, 0.3) is 0 Å². The van der Waals surface area contributed by atoms with E-state index in [-0.39, 0.29) is 17.6 Å². The van der Waals surface area contributed by atoms with E-state index in [4.69, 9.17) is 16.0 Å². The van der Waals surface area contributed by atoms with E-state index in [1.54, 1.807) is 24.0 Å². The van der Waals surface area contributed by atoms with Gasteiger partial charge in [0, 0.05) is 37.7 Å². The fourth-order valence-electron chi connectivity index (χ4n) is 3.03. The van der Waals surface area contributed by atoms with E-state index in [9.17, 15) is 9.59 Å². The second kappa shape index (κ2) is 8.38. The number of amides is 2. The number of hydrogen-bond donors (Lipinski definition) is 1. The van der Waals surface area contributed by atoms with Gasteiger partial charge in [-0.15, -0.1) is 0 Å². The third-order valence-corrected chi connectivity index (χ3v) is 4.68. The molecule has 3 rings (SSSR count). The topological polar surface area (TPSA) is 65.8 Å². The van der Waals surface area contributed by atoms with Crippen molar-refractivity contribution in [1.82, 2.24) is 15.1 Å². The molecule has 0 saturated carbocycles. The monoisotopic (exact) mass is 375 g/mol. The Balaban J connectivity index is 1.47. The zero-order chi connectivity index (χ0) is 18.5. The highest BCUT2D eigenvalue weighted by Gasteiger charge is 2.26. The molecule has 0 radical (unpaired) electrons. The highest BCUT2D eigenvalue weighted by molar-refractivity contribution is 6.30. The van der Waals surface area contributed by atoms with Crippen molar-refractivity contribution >= 4 is 23.4 Å². The first kappa shape index (κ1) is 18.5. The van der Waals surface area contributed by atoms with Crippen LogP contribution in [0.2, 0.25) is 5.02 Å². The standard InChI is InChI=1S/C19H22ClN3O3/c1-14(21-18(24)17-6-3-11-26-17)19(25)23-9-7-22(8-10-23)13-15-4-2-5-16(20)12-15/h2-6,11-12,14H,7-10,13H2,1H3,(H,21,24)/t14-/m0/s1. The van der Waals surface area contributed by atoms with Gasteiger partial charge in [0.25, 0.3) is 5.91 Å². The summed E-state index contributed by atoms with van der Waals surface area (Å²) in [5.74, 6) is -0.251. The van der Waals surface area contributed by atoms with E-state index in [0.29, 0.717) is 13.1 Å². The predicted octanol–water partition coefficient (Wildman–Crippen LogP) is 2.40. The third-order valence-electron chi connectivity index (χ3n) is 4.44. The fourth-order valence-corrected chi connectivity index (χ4v) is 3.24. The molecule has 0 unspecified atom stereocenters. The number of furan rings is 1. The Morgan fingerprint density at radius 1 is 1.19 bits per heavy atom. The molecule has 1 aliphatic heterocycles. The summed E-state index contributed by atoms with van der Waals surface area (Å²) >= 11 is 6.03. The molecule has 7 heteroatoms. The molecule has 1 aromatic carbocycles. The van der Waals surface area contributed by atoms with Crippen molar-refractivity contribution in [2.75, 3.05) is 26.2 Å². The van der Waals surface area contributed by atoms with Gasteiger partial charge in [-0.25, -0.2) is 0 Å². The average Bonchev–Trinajstić information content (AvgIpc) is 3.16. The molecule has 2 amide bonds. The highest BCUT2D eigenvalue weighted by Crippen LogP contribution is 2.14. The van der Waals surface area contributed by atoms with Crippen LogP contribution in [-0.4, -0.2) is 53.8 Å². The molecule has 2 heterocycles. The minimum absolute atomic E-state index is 0.0766. The molecule has 1 atom stereocenters. The van der Waals surface area contributed by atoms with Gasteiger partial charge < -0.3 is 14.6 Å². The van der Waals surface area contributed by atoms with Gasteiger partial charge in [-0.3, -0.25) is 14.5 Å². The molecule has 1 aromatic heterocycles. The van der Waals surface area contributed by atoms with Crippen molar-refractivity contribution in [2.24, 2.45) is 0 Å². The number of carbonyl (C=O) groups is 2. The first-order chi connectivity index (χ1) is 12.5. The van der Waals surface area contributed by atoms with Crippen LogP contribution in [0.1, 0.15) is 23.0 Å². The Labute approximate surface area is 157 Å². The van der Waals surface area contributed by atoms with E-state index >= 15 is 0 Å². The fraction of sp³-hybridized carbons (Fsp3) is 0.368. The van der Waals surface area contributed by atoms with Gasteiger partial charge >= 0.3 is 0 Å². The summed E-state index contributed by atoms with van der Waals surface area (Å²) in [5, 5.41) is 3.42. The summed E-state index contributed by atoms with van der Waals surface area (Å²) in [5.41, 5.74) is 1.16. The molecular weight excluding hydrogens is 354 g/mol. The molecule has 1 fully saturated rings. The van der Waals surface area contributed by atoms with Gasteiger partial charge in [-0.05, 0) is 36.8 Å². The van der Waals surface area contributed by atoms with Crippen molar-refractivity contribution in [3.8, 4) is 0 Å². The summed E-state index contributed by atoms with van der Waals surface area (Å²) < 4.78 is 5.05. The number of benzene rings is 1. The van der Waals surface area contributed by atoms with E-state index in [0.717, 1.165) is 30.2 Å². The molecule has 0 spiro atoms. The number of carbonyl (C=O) groups excluding carboxylic acids is 2. The second-order valence-electron chi connectivity index (χ2n) is 6.40. The lowest BCUT2D eigenvalue weighted by Gasteiger charge is -2.36. The molecule has 138 valence electrons.